The number of aromatic nitrogens is 2. The second-order valence-corrected chi connectivity index (χ2v) is 6.00. The molecule has 21 heavy (non-hydrogen) atoms. The number of fused-ring (bicyclic) bond motifs is 1. The van der Waals surface area contributed by atoms with Gasteiger partial charge in [0.15, 0.2) is 0 Å². The molecule has 2 aromatic rings. The minimum absolute atomic E-state index is 0.0344. The fourth-order valence-corrected chi connectivity index (χ4v) is 3.56. The fourth-order valence-electron chi connectivity index (χ4n) is 3.56. The van der Waals surface area contributed by atoms with Gasteiger partial charge in [0.05, 0.1) is 0 Å². The van der Waals surface area contributed by atoms with E-state index in [1.165, 1.54) is 32.1 Å². The van der Waals surface area contributed by atoms with Crippen molar-refractivity contribution in [2.45, 2.75) is 44.7 Å². The molecule has 1 amide bonds. The summed E-state index contributed by atoms with van der Waals surface area (Å²) in [7, 11) is 0. The van der Waals surface area contributed by atoms with Crippen molar-refractivity contribution in [3.8, 4) is 11.4 Å². The van der Waals surface area contributed by atoms with Crippen LogP contribution in [0.4, 0.5) is 0 Å². The molecule has 0 atom stereocenters. The lowest BCUT2D eigenvalue weighted by molar-refractivity contribution is 0.0966. The third kappa shape index (κ3) is 2.15. The van der Waals surface area contributed by atoms with Gasteiger partial charge in [-0.25, -0.2) is 4.98 Å². The van der Waals surface area contributed by atoms with E-state index in [1.54, 1.807) is 0 Å². The molecule has 1 saturated carbocycles. The number of hydrogen-bond donors (Lipinski definition) is 1. The molecule has 0 saturated heterocycles. The van der Waals surface area contributed by atoms with Crippen molar-refractivity contribution in [2.24, 2.45) is 0 Å². The zero-order valence-corrected chi connectivity index (χ0v) is 12.0. The van der Waals surface area contributed by atoms with Gasteiger partial charge < -0.3 is 9.88 Å². The lowest BCUT2D eigenvalue weighted by atomic mass is 9.95. The molecule has 4 rings (SSSR count). The highest BCUT2D eigenvalue weighted by Gasteiger charge is 2.22. The molecule has 1 aliphatic carbocycles. The van der Waals surface area contributed by atoms with E-state index in [0.717, 1.165) is 22.5 Å². The molecular weight excluding hydrogens is 262 g/mol. The highest BCUT2D eigenvalue weighted by Crippen LogP contribution is 2.32. The first kappa shape index (κ1) is 12.6. The molecule has 0 bridgehead atoms. The molecule has 2 heterocycles. The second kappa shape index (κ2) is 5.02. The molecule has 4 nitrogen and oxygen atoms in total. The number of imidazole rings is 1. The van der Waals surface area contributed by atoms with Crippen molar-refractivity contribution < 1.29 is 4.79 Å². The molecule has 0 unspecified atom stereocenters. The van der Waals surface area contributed by atoms with Gasteiger partial charge in [-0.1, -0.05) is 25.3 Å². The average Bonchev–Trinajstić information content (AvgIpc) is 3.15. The van der Waals surface area contributed by atoms with Crippen LogP contribution in [0.15, 0.2) is 30.6 Å². The van der Waals surface area contributed by atoms with Crippen LogP contribution in [-0.2, 0) is 6.54 Å². The van der Waals surface area contributed by atoms with E-state index >= 15 is 0 Å². The van der Waals surface area contributed by atoms with E-state index in [-0.39, 0.29) is 5.91 Å². The third-order valence-electron chi connectivity index (χ3n) is 4.68. The van der Waals surface area contributed by atoms with Crippen molar-refractivity contribution in [2.75, 3.05) is 0 Å². The highest BCUT2D eigenvalue weighted by molar-refractivity contribution is 5.98. The third-order valence-corrected chi connectivity index (χ3v) is 4.68. The van der Waals surface area contributed by atoms with E-state index in [4.69, 9.17) is 0 Å². The van der Waals surface area contributed by atoms with Crippen LogP contribution in [0.5, 0.6) is 0 Å². The zero-order chi connectivity index (χ0) is 14.2. The second-order valence-electron chi connectivity index (χ2n) is 6.00. The molecular formula is C17H19N3O. The molecule has 1 fully saturated rings. The maximum absolute atomic E-state index is 11.6. The first-order valence-corrected chi connectivity index (χ1v) is 7.77. The molecule has 0 spiro atoms. The molecule has 4 heteroatoms. The fraction of sp³-hybridized carbons (Fsp3) is 0.412. The summed E-state index contributed by atoms with van der Waals surface area (Å²) in [6, 6.07) is 6.62. The predicted octanol–water partition coefficient (Wildman–Crippen LogP) is 3.30. The van der Waals surface area contributed by atoms with Gasteiger partial charge in [0.2, 0.25) is 0 Å². The number of carbonyl (C=O) groups excluding carboxylic acids is 1. The van der Waals surface area contributed by atoms with Crippen molar-refractivity contribution in [3.63, 3.8) is 0 Å². The number of amides is 1. The molecule has 0 radical (unpaired) electrons. The van der Waals surface area contributed by atoms with E-state index in [2.05, 4.69) is 27.1 Å². The molecule has 2 aliphatic rings. The van der Waals surface area contributed by atoms with Gasteiger partial charge in [0.25, 0.3) is 5.91 Å². The Bertz CT molecular complexity index is 683. The molecule has 1 aromatic carbocycles. The van der Waals surface area contributed by atoms with Crippen molar-refractivity contribution in [3.05, 3.63) is 41.7 Å². The number of benzene rings is 1. The van der Waals surface area contributed by atoms with Crippen LogP contribution in [0, 0.1) is 0 Å². The van der Waals surface area contributed by atoms with Crippen molar-refractivity contribution in [1.82, 2.24) is 14.9 Å². The number of hydrogen-bond acceptors (Lipinski definition) is 2. The summed E-state index contributed by atoms with van der Waals surface area (Å²) in [4.78, 5) is 16.2. The van der Waals surface area contributed by atoms with Gasteiger partial charge in [0.1, 0.15) is 5.82 Å². The van der Waals surface area contributed by atoms with Gasteiger partial charge in [-0.2, -0.15) is 0 Å². The monoisotopic (exact) mass is 281 g/mol. The van der Waals surface area contributed by atoms with Crippen LogP contribution in [0.3, 0.4) is 0 Å². The van der Waals surface area contributed by atoms with Gasteiger partial charge in [-0.3, -0.25) is 4.79 Å². The zero-order valence-electron chi connectivity index (χ0n) is 12.0. The van der Waals surface area contributed by atoms with Crippen molar-refractivity contribution in [1.29, 1.82) is 0 Å². The van der Waals surface area contributed by atoms with Gasteiger partial charge in [-0.15, -0.1) is 0 Å². The quantitative estimate of drug-likeness (QED) is 0.918. The van der Waals surface area contributed by atoms with E-state index < -0.39 is 0 Å². The maximum atomic E-state index is 11.6. The summed E-state index contributed by atoms with van der Waals surface area (Å²) >= 11 is 0. The Morgan fingerprint density at radius 1 is 1.19 bits per heavy atom. The van der Waals surface area contributed by atoms with Gasteiger partial charge >= 0.3 is 0 Å². The van der Waals surface area contributed by atoms with E-state index in [0.29, 0.717) is 12.6 Å². The Labute approximate surface area is 124 Å². The number of rotatable bonds is 2. The summed E-state index contributed by atoms with van der Waals surface area (Å²) in [5, 5.41) is 2.87. The summed E-state index contributed by atoms with van der Waals surface area (Å²) in [5.41, 5.74) is 2.99. The number of nitrogens with zero attached hydrogens (tertiary/aromatic N) is 2. The SMILES string of the molecule is O=C1NCc2cc(-c3nccn3C3CCCCC3)ccc21. The summed E-state index contributed by atoms with van der Waals surface area (Å²) in [6.45, 7) is 0.631. The molecule has 1 aliphatic heterocycles. The molecule has 108 valence electrons. The predicted molar refractivity (Wildman–Crippen MR) is 81.0 cm³/mol. The average molecular weight is 281 g/mol. The highest BCUT2D eigenvalue weighted by atomic mass is 16.1. The normalized spacial score (nSPS) is 18.6. The van der Waals surface area contributed by atoms with Crippen molar-refractivity contribution >= 4 is 5.91 Å². The Balaban J connectivity index is 1.71. The Kier molecular flexibility index (Phi) is 3.02. The molecule has 1 aromatic heterocycles. The van der Waals surface area contributed by atoms with Crippen LogP contribution in [0.25, 0.3) is 11.4 Å². The smallest absolute Gasteiger partial charge is 0.251 e. The van der Waals surface area contributed by atoms with Crippen LogP contribution in [-0.4, -0.2) is 15.5 Å². The topological polar surface area (TPSA) is 46.9 Å². The summed E-state index contributed by atoms with van der Waals surface area (Å²) < 4.78 is 2.32. The Morgan fingerprint density at radius 2 is 2.05 bits per heavy atom. The van der Waals surface area contributed by atoms with E-state index in [9.17, 15) is 4.79 Å². The Hall–Kier alpha value is -2.10. The van der Waals surface area contributed by atoms with Crippen LogP contribution < -0.4 is 5.32 Å². The Morgan fingerprint density at radius 3 is 2.90 bits per heavy atom. The summed E-state index contributed by atoms with van der Waals surface area (Å²) in [5.74, 6) is 1.07. The van der Waals surface area contributed by atoms with Crippen LogP contribution in [0.2, 0.25) is 0 Å². The lowest BCUT2D eigenvalue weighted by Crippen LogP contribution is -2.13. The van der Waals surface area contributed by atoms with Crippen LogP contribution >= 0.6 is 0 Å². The number of nitrogens with one attached hydrogen (secondary N) is 1. The lowest BCUT2D eigenvalue weighted by Gasteiger charge is -2.24. The standard InChI is InChI=1S/C17H19N3O/c21-17-15-7-6-12(10-13(15)11-19-17)16-18-8-9-20(16)14-4-2-1-3-5-14/h6-10,14H,1-5,11H2,(H,19,21). The first-order chi connectivity index (χ1) is 10.3. The van der Waals surface area contributed by atoms with Gasteiger partial charge in [0, 0.05) is 36.1 Å². The number of carbonyl (C=O) groups is 1. The minimum Gasteiger partial charge on any atom is -0.348 e. The minimum atomic E-state index is 0.0344. The molecule has 1 N–H and O–H groups in total. The largest absolute Gasteiger partial charge is 0.348 e. The maximum Gasteiger partial charge on any atom is 0.251 e. The van der Waals surface area contributed by atoms with Gasteiger partial charge in [-0.05, 0) is 30.5 Å². The summed E-state index contributed by atoms with van der Waals surface area (Å²) in [6.07, 6.45) is 10.5. The van der Waals surface area contributed by atoms with Crippen LogP contribution in [0.1, 0.15) is 54.1 Å². The first-order valence-electron chi connectivity index (χ1n) is 7.77. The van der Waals surface area contributed by atoms with E-state index in [1.807, 2.05) is 18.3 Å².